The molecule has 1 heterocycles. The van der Waals surface area contributed by atoms with E-state index in [4.69, 9.17) is 0 Å². The summed E-state index contributed by atoms with van der Waals surface area (Å²) in [6.07, 6.45) is 0. The van der Waals surface area contributed by atoms with Crippen LogP contribution in [0.4, 0.5) is 32.8 Å². The molecule has 0 fully saturated rings. The molecule has 0 bridgehead atoms. The number of halogens is 1. The summed E-state index contributed by atoms with van der Waals surface area (Å²) in [6, 6.07) is 44.6. The molecule has 7 rings (SSSR count). The summed E-state index contributed by atoms with van der Waals surface area (Å²) in [5.41, 5.74) is 4.48. The summed E-state index contributed by atoms with van der Waals surface area (Å²) in [4.78, 5) is 1.98. The second kappa shape index (κ2) is 9.33. The van der Waals surface area contributed by atoms with Gasteiger partial charge >= 0.3 is 0 Å². The molecule has 0 saturated heterocycles. The Balaban J connectivity index is 1.29. The molecule has 0 aliphatic carbocycles. The van der Waals surface area contributed by atoms with Gasteiger partial charge in [0.1, 0.15) is 5.82 Å². The topological polar surface area (TPSA) is 15.3 Å². The van der Waals surface area contributed by atoms with Crippen molar-refractivity contribution in [2.75, 3.05) is 10.2 Å². The van der Waals surface area contributed by atoms with Crippen LogP contribution in [0.5, 0.6) is 0 Å². The van der Waals surface area contributed by atoms with Crippen LogP contribution in [-0.4, -0.2) is 0 Å². The molecule has 0 saturated carbocycles. The van der Waals surface area contributed by atoms with Crippen molar-refractivity contribution in [3.05, 3.63) is 139 Å². The molecule has 0 radical (unpaired) electrons. The molecule has 0 aliphatic heterocycles. The quantitative estimate of drug-likeness (QED) is 0.248. The third-order valence-corrected chi connectivity index (χ3v) is 7.99. The van der Waals surface area contributed by atoms with Crippen molar-refractivity contribution in [3.63, 3.8) is 0 Å². The van der Waals surface area contributed by atoms with Crippen molar-refractivity contribution in [1.29, 1.82) is 0 Å². The Morgan fingerprint density at radius 3 is 2.13 bits per heavy atom. The van der Waals surface area contributed by atoms with Crippen LogP contribution in [0.25, 0.3) is 30.9 Å². The van der Waals surface area contributed by atoms with Gasteiger partial charge in [0.15, 0.2) is 0 Å². The zero-order valence-electron chi connectivity index (χ0n) is 20.4. The van der Waals surface area contributed by atoms with Crippen molar-refractivity contribution in [1.82, 2.24) is 0 Å². The van der Waals surface area contributed by atoms with Gasteiger partial charge in [-0.05, 0) is 77.5 Å². The number of fused-ring (bicyclic) bond motifs is 4. The summed E-state index contributed by atoms with van der Waals surface area (Å²) in [5.74, 6) is -0.254. The molecule has 0 spiro atoms. The summed E-state index contributed by atoms with van der Waals surface area (Å²) < 4.78 is 17.4. The molecule has 1 N–H and O–H groups in total. The van der Waals surface area contributed by atoms with Crippen LogP contribution in [0.3, 0.4) is 0 Å². The van der Waals surface area contributed by atoms with Gasteiger partial charge in [-0.3, -0.25) is 0 Å². The second-order valence-electron chi connectivity index (χ2n) is 9.30. The van der Waals surface area contributed by atoms with Gasteiger partial charge in [-0.2, -0.15) is 0 Å². The lowest BCUT2D eigenvalue weighted by atomic mass is 10.1. The van der Waals surface area contributed by atoms with E-state index in [1.165, 1.54) is 31.6 Å². The van der Waals surface area contributed by atoms with Crippen molar-refractivity contribution in [2.24, 2.45) is 0 Å². The van der Waals surface area contributed by atoms with Crippen molar-refractivity contribution >= 4 is 70.7 Å². The first kappa shape index (κ1) is 22.5. The molecule has 1 aromatic heterocycles. The minimum atomic E-state index is -0.254. The maximum absolute atomic E-state index is 15.0. The van der Waals surface area contributed by atoms with Crippen molar-refractivity contribution in [2.45, 2.75) is 0 Å². The molecule has 0 atom stereocenters. The summed E-state index contributed by atoms with van der Waals surface area (Å²) in [7, 11) is 0. The van der Waals surface area contributed by atoms with E-state index in [-0.39, 0.29) is 5.82 Å². The first-order chi connectivity index (χ1) is 18.7. The average molecular weight is 511 g/mol. The molecule has 7 aromatic rings. The molecule has 6 aromatic carbocycles. The van der Waals surface area contributed by atoms with Gasteiger partial charge in [0.2, 0.25) is 0 Å². The number of nitrogens with one attached hydrogen (secondary N) is 1. The van der Waals surface area contributed by atoms with Gasteiger partial charge in [0, 0.05) is 42.9 Å². The van der Waals surface area contributed by atoms with Crippen LogP contribution in [0.2, 0.25) is 0 Å². The molecule has 0 aliphatic rings. The standard InChI is InChI=1S/C34H23FN2S/c35-31-12-6-7-13-32(31)37(27-10-2-1-3-11-27)28-17-19-33-30(22-28)29-18-16-26(21-34(29)38-33)36-25-15-14-23-8-4-5-9-24(23)20-25/h1-22,36H. The fraction of sp³-hybridized carbons (Fsp3) is 0. The van der Waals surface area contributed by atoms with Gasteiger partial charge in [-0.1, -0.05) is 66.7 Å². The van der Waals surface area contributed by atoms with Crippen LogP contribution < -0.4 is 10.2 Å². The van der Waals surface area contributed by atoms with Crippen LogP contribution in [0, 0.1) is 5.82 Å². The van der Waals surface area contributed by atoms with E-state index in [0.717, 1.165) is 28.1 Å². The lowest BCUT2D eigenvalue weighted by Crippen LogP contribution is -2.11. The lowest BCUT2D eigenvalue weighted by Gasteiger charge is -2.25. The van der Waals surface area contributed by atoms with Crippen LogP contribution in [-0.2, 0) is 0 Å². The van der Waals surface area contributed by atoms with Gasteiger partial charge < -0.3 is 10.2 Å². The average Bonchev–Trinajstić information content (AvgIpc) is 3.32. The third-order valence-electron chi connectivity index (χ3n) is 6.86. The Hall–Kier alpha value is -4.67. The number of thiophene rings is 1. The molecule has 38 heavy (non-hydrogen) atoms. The number of para-hydroxylation sites is 2. The van der Waals surface area contributed by atoms with E-state index in [2.05, 4.69) is 84.2 Å². The van der Waals surface area contributed by atoms with Crippen LogP contribution in [0.1, 0.15) is 0 Å². The van der Waals surface area contributed by atoms with Gasteiger partial charge in [-0.15, -0.1) is 11.3 Å². The zero-order valence-corrected chi connectivity index (χ0v) is 21.3. The zero-order chi connectivity index (χ0) is 25.5. The number of hydrogen-bond donors (Lipinski definition) is 1. The normalized spacial score (nSPS) is 11.3. The highest BCUT2D eigenvalue weighted by Gasteiger charge is 2.17. The first-order valence-corrected chi connectivity index (χ1v) is 13.4. The highest BCUT2D eigenvalue weighted by Crippen LogP contribution is 2.41. The predicted octanol–water partition coefficient (Wildman–Crippen LogP) is 10.6. The molecular weight excluding hydrogens is 487 g/mol. The van der Waals surface area contributed by atoms with E-state index >= 15 is 0 Å². The molecule has 182 valence electrons. The largest absolute Gasteiger partial charge is 0.355 e. The molecular formula is C34H23FN2S. The predicted molar refractivity (Wildman–Crippen MR) is 161 cm³/mol. The van der Waals surface area contributed by atoms with E-state index in [1.807, 2.05) is 47.4 Å². The summed E-state index contributed by atoms with van der Waals surface area (Å²) >= 11 is 1.77. The Morgan fingerprint density at radius 1 is 0.526 bits per heavy atom. The highest BCUT2D eigenvalue weighted by atomic mass is 32.1. The first-order valence-electron chi connectivity index (χ1n) is 12.5. The number of anilines is 5. The van der Waals surface area contributed by atoms with Crippen LogP contribution in [0.15, 0.2) is 133 Å². The fourth-order valence-corrected chi connectivity index (χ4v) is 6.18. The second-order valence-corrected chi connectivity index (χ2v) is 10.4. The fourth-order valence-electron chi connectivity index (χ4n) is 5.05. The van der Waals surface area contributed by atoms with Gasteiger partial charge in [0.25, 0.3) is 0 Å². The van der Waals surface area contributed by atoms with Crippen molar-refractivity contribution in [3.8, 4) is 0 Å². The number of rotatable bonds is 5. The Labute approximate surface area is 224 Å². The number of benzene rings is 6. The Bertz CT molecular complexity index is 1930. The highest BCUT2D eigenvalue weighted by molar-refractivity contribution is 7.25. The Kier molecular flexibility index (Phi) is 5.53. The maximum atomic E-state index is 15.0. The number of nitrogens with zero attached hydrogens (tertiary/aromatic N) is 1. The monoisotopic (exact) mass is 510 g/mol. The maximum Gasteiger partial charge on any atom is 0.147 e. The summed E-state index contributed by atoms with van der Waals surface area (Å²) in [5, 5.41) is 8.37. The molecule has 0 unspecified atom stereocenters. The van der Waals surface area contributed by atoms with Crippen molar-refractivity contribution < 1.29 is 4.39 Å². The molecule has 4 heteroatoms. The molecule has 2 nitrogen and oxygen atoms in total. The third kappa shape index (κ3) is 4.05. The van der Waals surface area contributed by atoms with E-state index in [0.29, 0.717) is 5.69 Å². The number of hydrogen-bond acceptors (Lipinski definition) is 3. The lowest BCUT2D eigenvalue weighted by molar-refractivity contribution is 0.629. The minimum Gasteiger partial charge on any atom is -0.355 e. The van der Waals surface area contributed by atoms with E-state index in [9.17, 15) is 4.39 Å². The van der Waals surface area contributed by atoms with Gasteiger partial charge in [-0.25, -0.2) is 4.39 Å². The summed E-state index contributed by atoms with van der Waals surface area (Å²) in [6.45, 7) is 0. The SMILES string of the molecule is Fc1ccccc1N(c1ccccc1)c1ccc2sc3cc(Nc4ccc5ccccc5c4)ccc3c2c1. The van der Waals surface area contributed by atoms with Gasteiger partial charge in [0.05, 0.1) is 5.69 Å². The Morgan fingerprint density at radius 2 is 1.26 bits per heavy atom. The van der Waals surface area contributed by atoms with E-state index in [1.54, 1.807) is 17.4 Å². The van der Waals surface area contributed by atoms with E-state index < -0.39 is 0 Å². The molecule has 0 amide bonds. The minimum absolute atomic E-state index is 0.254. The van der Waals surface area contributed by atoms with Crippen LogP contribution >= 0.6 is 11.3 Å². The smallest absolute Gasteiger partial charge is 0.147 e.